The minimum atomic E-state index is -0.459. The Kier molecular flexibility index (Phi) is 5.74. The highest BCUT2D eigenvalue weighted by molar-refractivity contribution is 9.10. The number of rotatable bonds is 4. The number of benzene rings is 2. The fourth-order valence-electron chi connectivity index (χ4n) is 4.15. The van der Waals surface area contributed by atoms with Gasteiger partial charge in [0.2, 0.25) is 0 Å². The van der Waals surface area contributed by atoms with Crippen LogP contribution in [-0.2, 0) is 16.1 Å². The van der Waals surface area contributed by atoms with E-state index in [4.69, 9.17) is 11.6 Å². The zero-order chi connectivity index (χ0) is 20.5. The summed E-state index contributed by atoms with van der Waals surface area (Å²) >= 11 is 9.64. The monoisotopic (exact) mass is 474 g/mol. The van der Waals surface area contributed by atoms with Gasteiger partial charge < -0.3 is 0 Å². The normalized spacial score (nSPS) is 21.2. The van der Waals surface area contributed by atoms with Crippen LogP contribution in [0.2, 0.25) is 5.02 Å². The second-order valence-electron chi connectivity index (χ2n) is 7.45. The van der Waals surface area contributed by atoms with E-state index in [1.165, 1.54) is 5.01 Å². The summed E-state index contributed by atoms with van der Waals surface area (Å²) in [6.07, 6.45) is 3.24. The van der Waals surface area contributed by atoms with Gasteiger partial charge in [-0.05, 0) is 42.7 Å². The molecule has 150 valence electrons. The fourth-order valence-corrected chi connectivity index (χ4v) is 4.63. The van der Waals surface area contributed by atoms with Crippen LogP contribution in [0, 0.1) is 11.8 Å². The molecule has 1 aliphatic carbocycles. The van der Waals surface area contributed by atoms with Gasteiger partial charge in [-0.3, -0.25) is 14.4 Å². The van der Waals surface area contributed by atoms with Gasteiger partial charge in [0.1, 0.15) is 0 Å². The molecule has 1 saturated heterocycles. The van der Waals surface area contributed by atoms with Crippen molar-refractivity contribution in [2.45, 2.75) is 32.2 Å². The van der Waals surface area contributed by atoms with E-state index in [1.54, 1.807) is 24.3 Å². The second kappa shape index (κ2) is 8.28. The molecule has 7 heteroatoms. The lowest BCUT2D eigenvalue weighted by Gasteiger charge is -2.31. The zero-order valence-electron chi connectivity index (χ0n) is 15.7. The highest BCUT2D eigenvalue weighted by atomic mass is 79.9. The number of imide groups is 1. The van der Waals surface area contributed by atoms with Gasteiger partial charge in [-0.2, -0.15) is 5.01 Å². The van der Waals surface area contributed by atoms with Gasteiger partial charge in [-0.25, -0.2) is 5.01 Å². The number of hydrogen-bond donors (Lipinski definition) is 0. The number of carbonyl (C=O) groups excluding carboxylic acids is 3. The number of hydrazine groups is 1. The highest BCUT2D eigenvalue weighted by Gasteiger charge is 2.51. The summed E-state index contributed by atoms with van der Waals surface area (Å²) in [5, 5.41) is 2.62. The van der Waals surface area contributed by atoms with Crippen molar-refractivity contribution in [2.75, 3.05) is 0 Å². The molecule has 0 radical (unpaired) electrons. The summed E-state index contributed by atoms with van der Waals surface area (Å²) in [5.41, 5.74) is 1.07. The molecule has 2 aromatic carbocycles. The van der Waals surface area contributed by atoms with Crippen LogP contribution in [0.25, 0.3) is 0 Å². The summed E-state index contributed by atoms with van der Waals surface area (Å²) in [5.74, 6) is -1.68. The number of carbonyl (C=O) groups is 3. The lowest BCUT2D eigenvalue weighted by Crippen LogP contribution is -2.49. The van der Waals surface area contributed by atoms with Crippen molar-refractivity contribution in [3.8, 4) is 0 Å². The maximum Gasteiger partial charge on any atom is 0.274 e. The van der Waals surface area contributed by atoms with Crippen LogP contribution in [0.3, 0.4) is 0 Å². The molecule has 1 heterocycles. The molecule has 3 amide bonds. The third-order valence-electron chi connectivity index (χ3n) is 5.64. The molecule has 0 unspecified atom stereocenters. The van der Waals surface area contributed by atoms with E-state index in [0.29, 0.717) is 12.8 Å². The van der Waals surface area contributed by atoms with E-state index >= 15 is 0 Å². The predicted octanol–water partition coefficient (Wildman–Crippen LogP) is 4.84. The van der Waals surface area contributed by atoms with Crippen LogP contribution < -0.4 is 0 Å². The summed E-state index contributed by atoms with van der Waals surface area (Å²) < 4.78 is 0.907. The Bertz CT molecular complexity index is 939. The number of halogens is 2. The van der Waals surface area contributed by atoms with E-state index in [2.05, 4.69) is 15.9 Å². The molecule has 4 rings (SSSR count). The first-order chi connectivity index (χ1) is 14.0. The van der Waals surface area contributed by atoms with Crippen LogP contribution >= 0.6 is 27.5 Å². The molecule has 1 aliphatic heterocycles. The van der Waals surface area contributed by atoms with Crippen LogP contribution in [0.15, 0.2) is 53.0 Å². The Hall–Kier alpha value is -2.18. The fraction of sp³-hybridized carbons (Fsp3) is 0.318. The highest BCUT2D eigenvalue weighted by Crippen LogP contribution is 2.39. The van der Waals surface area contributed by atoms with Crippen LogP contribution in [0.4, 0.5) is 0 Å². The smallest absolute Gasteiger partial charge is 0.272 e. The number of fused-ring (bicyclic) bond motifs is 1. The van der Waals surface area contributed by atoms with Crippen molar-refractivity contribution in [3.05, 3.63) is 69.2 Å². The third kappa shape index (κ3) is 3.83. The van der Waals surface area contributed by atoms with E-state index < -0.39 is 5.91 Å². The van der Waals surface area contributed by atoms with Crippen molar-refractivity contribution >= 4 is 45.3 Å². The Morgan fingerprint density at radius 3 is 2.17 bits per heavy atom. The van der Waals surface area contributed by atoms with Crippen LogP contribution in [0.5, 0.6) is 0 Å². The molecule has 0 N–H and O–H groups in total. The van der Waals surface area contributed by atoms with E-state index in [0.717, 1.165) is 27.9 Å². The lowest BCUT2D eigenvalue weighted by molar-refractivity contribution is -0.155. The average Bonchev–Trinajstić information content (AvgIpc) is 2.98. The Morgan fingerprint density at radius 2 is 1.59 bits per heavy atom. The largest absolute Gasteiger partial charge is 0.274 e. The molecule has 0 aromatic heterocycles. The SMILES string of the molecule is O=C(c1ccccc1Cl)N(Cc1ccc(Br)cc1)N1C(=O)[C@H]2CCCC[C@@H]2C1=O. The summed E-state index contributed by atoms with van der Waals surface area (Å²) in [4.78, 5) is 39.7. The Labute approximate surface area is 182 Å². The van der Waals surface area contributed by atoms with Gasteiger partial charge in [0.15, 0.2) is 0 Å². The van der Waals surface area contributed by atoms with Gasteiger partial charge in [0.05, 0.1) is 29.0 Å². The number of nitrogens with zero attached hydrogens (tertiary/aromatic N) is 2. The topological polar surface area (TPSA) is 57.7 Å². The first-order valence-electron chi connectivity index (χ1n) is 9.66. The third-order valence-corrected chi connectivity index (χ3v) is 6.50. The minimum Gasteiger partial charge on any atom is -0.272 e. The van der Waals surface area contributed by atoms with E-state index in [9.17, 15) is 14.4 Å². The van der Waals surface area contributed by atoms with E-state index in [-0.39, 0.29) is 40.8 Å². The standard InChI is InChI=1S/C22H20BrClN2O3/c23-15-11-9-14(10-12-15)13-25(20(27)18-7-3-4-8-19(18)24)26-21(28)16-5-1-2-6-17(16)22(26)29/h3-4,7-12,16-17H,1-2,5-6,13H2/t16-,17-/m0/s1. The molecule has 0 spiro atoms. The lowest BCUT2D eigenvalue weighted by atomic mass is 9.81. The predicted molar refractivity (Wildman–Crippen MR) is 113 cm³/mol. The molecular formula is C22H20BrClN2O3. The Balaban J connectivity index is 1.72. The van der Waals surface area contributed by atoms with Gasteiger partial charge in [-0.1, -0.05) is 64.6 Å². The van der Waals surface area contributed by atoms with Gasteiger partial charge in [0, 0.05) is 4.47 Å². The van der Waals surface area contributed by atoms with Crippen molar-refractivity contribution < 1.29 is 14.4 Å². The average molecular weight is 476 g/mol. The quantitative estimate of drug-likeness (QED) is 0.595. The minimum absolute atomic E-state index is 0.105. The van der Waals surface area contributed by atoms with Gasteiger partial charge in [0.25, 0.3) is 17.7 Å². The van der Waals surface area contributed by atoms with Crippen molar-refractivity contribution in [3.63, 3.8) is 0 Å². The number of amides is 3. The molecule has 2 aliphatic rings. The summed E-state index contributed by atoms with van der Waals surface area (Å²) in [7, 11) is 0. The first-order valence-corrected chi connectivity index (χ1v) is 10.8. The molecule has 2 aromatic rings. The number of hydrogen-bond acceptors (Lipinski definition) is 3. The van der Waals surface area contributed by atoms with Crippen molar-refractivity contribution in [1.82, 2.24) is 10.0 Å². The molecule has 2 fully saturated rings. The molecule has 2 atom stereocenters. The van der Waals surface area contributed by atoms with E-state index in [1.807, 2.05) is 24.3 Å². The van der Waals surface area contributed by atoms with Crippen LogP contribution in [0.1, 0.15) is 41.6 Å². The summed E-state index contributed by atoms with van der Waals surface area (Å²) in [6.45, 7) is 0.105. The molecule has 5 nitrogen and oxygen atoms in total. The van der Waals surface area contributed by atoms with Crippen molar-refractivity contribution in [1.29, 1.82) is 0 Å². The molecule has 1 saturated carbocycles. The van der Waals surface area contributed by atoms with Crippen LogP contribution in [-0.4, -0.2) is 27.7 Å². The zero-order valence-corrected chi connectivity index (χ0v) is 18.0. The van der Waals surface area contributed by atoms with Gasteiger partial charge >= 0.3 is 0 Å². The maximum absolute atomic E-state index is 13.4. The Morgan fingerprint density at radius 1 is 1.00 bits per heavy atom. The second-order valence-corrected chi connectivity index (χ2v) is 8.78. The molecular weight excluding hydrogens is 456 g/mol. The van der Waals surface area contributed by atoms with Crippen molar-refractivity contribution in [2.24, 2.45) is 11.8 Å². The van der Waals surface area contributed by atoms with Gasteiger partial charge in [-0.15, -0.1) is 0 Å². The molecule has 0 bridgehead atoms. The molecule has 29 heavy (non-hydrogen) atoms. The summed E-state index contributed by atoms with van der Waals surface area (Å²) in [6, 6.07) is 14.1. The maximum atomic E-state index is 13.4. The first kappa shape index (κ1) is 20.1.